The van der Waals surface area contributed by atoms with E-state index >= 15 is 0 Å². The van der Waals surface area contributed by atoms with Gasteiger partial charge in [-0.3, -0.25) is 9.69 Å². The minimum Gasteiger partial charge on any atom is -0.480 e. The smallest absolute Gasteiger partial charge is 0.317 e. The first-order chi connectivity index (χ1) is 11.3. The number of nitrogens with zero attached hydrogens (tertiary/aromatic N) is 1. The molecule has 2 fully saturated rings. The average Bonchev–Trinajstić information content (AvgIpc) is 3.25. The van der Waals surface area contributed by atoms with Gasteiger partial charge in [0.05, 0.1) is 11.4 Å². The molecule has 0 amide bonds. The Hall–Kier alpha value is -1.44. The van der Waals surface area contributed by atoms with E-state index in [4.69, 9.17) is 5.11 Å². The standard InChI is InChI=1S/C17H24N2O4S/c1-12-3-2-4-16(7-12)24(22,23)18-14-8-15(9-14)19(11-17(20)21)10-13-5-6-13/h2-4,7,13-15,18H,5-6,8-11H2,1H3,(H,20,21). The Morgan fingerprint density at radius 2 is 2.04 bits per heavy atom. The van der Waals surface area contributed by atoms with Crippen molar-refractivity contribution in [3.8, 4) is 0 Å². The van der Waals surface area contributed by atoms with Crippen LogP contribution in [0, 0.1) is 12.8 Å². The van der Waals surface area contributed by atoms with Crippen LogP contribution in [0.1, 0.15) is 31.2 Å². The third kappa shape index (κ3) is 4.34. The molecule has 1 aromatic rings. The van der Waals surface area contributed by atoms with Gasteiger partial charge in [-0.2, -0.15) is 0 Å². The molecule has 0 unspecified atom stereocenters. The highest BCUT2D eigenvalue weighted by molar-refractivity contribution is 7.89. The number of nitrogens with one attached hydrogen (secondary N) is 1. The number of sulfonamides is 1. The van der Waals surface area contributed by atoms with Gasteiger partial charge < -0.3 is 5.11 Å². The lowest BCUT2D eigenvalue weighted by atomic mass is 9.86. The first-order valence-corrected chi connectivity index (χ1v) is 9.86. The van der Waals surface area contributed by atoms with Gasteiger partial charge in [0.25, 0.3) is 0 Å². The minimum absolute atomic E-state index is 0.0402. The van der Waals surface area contributed by atoms with Crippen LogP contribution in [0.15, 0.2) is 29.2 Å². The number of hydrogen-bond acceptors (Lipinski definition) is 4. The van der Waals surface area contributed by atoms with Crippen molar-refractivity contribution in [2.24, 2.45) is 5.92 Å². The molecule has 2 aliphatic rings. The van der Waals surface area contributed by atoms with Gasteiger partial charge in [-0.15, -0.1) is 0 Å². The Balaban J connectivity index is 1.56. The van der Waals surface area contributed by atoms with Crippen LogP contribution >= 0.6 is 0 Å². The van der Waals surface area contributed by atoms with Gasteiger partial charge in [0.15, 0.2) is 0 Å². The largest absolute Gasteiger partial charge is 0.480 e. The van der Waals surface area contributed by atoms with Crippen molar-refractivity contribution in [2.75, 3.05) is 13.1 Å². The maximum Gasteiger partial charge on any atom is 0.317 e. The van der Waals surface area contributed by atoms with E-state index in [1.165, 1.54) is 12.8 Å². The fraction of sp³-hybridized carbons (Fsp3) is 0.588. The SMILES string of the molecule is Cc1cccc(S(=O)(=O)NC2CC(N(CC(=O)O)CC3CC3)C2)c1. The Bertz CT molecular complexity index is 709. The summed E-state index contributed by atoms with van der Waals surface area (Å²) in [6, 6.07) is 6.89. The van der Waals surface area contributed by atoms with Crippen LogP contribution in [0.3, 0.4) is 0 Å². The fourth-order valence-electron chi connectivity index (χ4n) is 3.20. The highest BCUT2D eigenvalue weighted by atomic mass is 32.2. The number of aryl methyl sites for hydroxylation is 1. The predicted molar refractivity (Wildman–Crippen MR) is 90.2 cm³/mol. The molecule has 0 bridgehead atoms. The summed E-state index contributed by atoms with van der Waals surface area (Å²) in [5, 5.41) is 9.06. The average molecular weight is 352 g/mol. The first-order valence-electron chi connectivity index (χ1n) is 8.38. The molecule has 0 atom stereocenters. The number of hydrogen-bond donors (Lipinski definition) is 2. The Labute approximate surface area is 142 Å². The number of carboxylic acids is 1. The molecule has 24 heavy (non-hydrogen) atoms. The monoisotopic (exact) mass is 352 g/mol. The van der Waals surface area contributed by atoms with Crippen LogP contribution in [-0.2, 0) is 14.8 Å². The van der Waals surface area contributed by atoms with Crippen molar-refractivity contribution in [1.82, 2.24) is 9.62 Å². The van der Waals surface area contributed by atoms with Gasteiger partial charge in [0.2, 0.25) is 10.0 Å². The molecule has 0 radical (unpaired) electrons. The van der Waals surface area contributed by atoms with Crippen molar-refractivity contribution >= 4 is 16.0 Å². The molecule has 0 aromatic heterocycles. The van der Waals surface area contributed by atoms with Gasteiger partial charge in [-0.05, 0) is 56.2 Å². The molecule has 2 N–H and O–H groups in total. The Kier molecular flexibility index (Phi) is 4.94. The lowest BCUT2D eigenvalue weighted by Gasteiger charge is -2.42. The maximum absolute atomic E-state index is 12.4. The molecule has 0 spiro atoms. The minimum atomic E-state index is -3.51. The topological polar surface area (TPSA) is 86.7 Å². The Morgan fingerprint density at radius 3 is 2.62 bits per heavy atom. The molecule has 0 aliphatic heterocycles. The van der Waals surface area contributed by atoms with Gasteiger partial charge in [-0.25, -0.2) is 13.1 Å². The lowest BCUT2D eigenvalue weighted by Crippen LogP contribution is -2.55. The highest BCUT2D eigenvalue weighted by Crippen LogP contribution is 2.34. The van der Waals surface area contributed by atoms with Gasteiger partial charge in [0, 0.05) is 18.6 Å². The highest BCUT2D eigenvalue weighted by Gasteiger charge is 2.38. The zero-order valence-electron chi connectivity index (χ0n) is 13.8. The van der Waals surface area contributed by atoms with E-state index < -0.39 is 16.0 Å². The summed E-state index contributed by atoms with van der Waals surface area (Å²) in [5.41, 5.74) is 0.904. The first kappa shape index (κ1) is 17.4. The third-order valence-corrected chi connectivity index (χ3v) is 6.30. The van der Waals surface area contributed by atoms with Gasteiger partial charge in [0.1, 0.15) is 0 Å². The number of carboxylic acid groups (broad SMARTS) is 1. The number of carbonyl (C=O) groups is 1. The van der Waals surface area contributed by atoms with Crippen LogP contribution in [0.4, 0.5) is 0 Å². The summed E-state index contributed by atoms with van der Waals surface area (Å²) in [4.78, 5) is 13.3. The number of aliphatic carboxylic acids is 1. The molecule has 1 aromatic carbocycles. The summed E-state index contributed by atoms with van der Waals surface area (Å²) in [6.45, 7) is 2.72. The van der Waals surface area contributed by atoms with Crippen molar-refractivity contribution in [2.45, 2.75) is 49.6 Å². The van der Waals surface area contributed by atoms with E-state index in [0.717, 1.165) is 12.1 Å². The van der Waals surface area contributed by atoms with E-state index in [2.05, 4.69) is 4.72 Å². The van der Waals surface area contributed by atoms with E-state index in [1.807, 2.05) is 17.9 Å². The van der Waals surface area contributed by atoms with Crippen LogP contribution in [0.5, 0.6) is 0 Å². The maximum atomic E-state index is 12.4. The quantitative estimate of drug-likeness (QED) is 0.742. The zero-order chi connectivity index (χ0) is 17.3. The molecule has 6 nitrogen and oxygen atoms in total. The van der Waals surface area contributed by atoms with E-state index in [1.54, 1.807) is 18.2 Å². The van der Waals surface area contributed by atoms with Gasteiger partial charge >= 0.3 is 5.97 Å². The second-order valence-electron chi connectivity index (χ2n) is 7.03. The summed E-state index contributed by atoms with van der Waals surface area (Å²) < 4.78 is 27.6. The molecule has 2 aliphatic carbocycles. The van der Waals surface area contributed by atoms with Gasteiger partial charge in [-0.1, -0.05) is 12.1 Å². The van der Waals surface area contributed by atoms with Crippen molar-refractivity contribution < 1.29 is 18.3 Å². The normalized spacial score (nSPS) is 23.9. The molecule has 0 saturated heterocycles. The number of rotatable bonds is 8. The molecule has 0 heterocycles. The van der Waals surface area contributed by atoms with Crippen LogP contribution in [-0.4, -0.2) is 49.6 Å². The third-order valence-electron chi connectivity index (χ3n) is 4.78. The second-order valence-corrected chi connectivity index (χ2v) is 8.74. The van der Waals surface area contributed by atoms with Crippen LogP contribution in [0.25, 0.3) is 0 Å². The molecule has 2 saturated carbocycles. The lowest BCUT2D eigenvalue weighted by molar-refractivity contribution is -0.139. The summed E-state index contributed by atoms with van der Waals surface area (Å²) in [5.74, 6) is -0.202. The van der Waals surface area contributed by atoms with Crippen LogP contribution in [0.2, 0.25) is 0 Å². The summed E-state index contributed by atoms with van der Waals surface area (Å²) in [6.07, 6.45) is 3.69. The van der Waals surface area contributed by atoms with E-state index in [9.17, 15) is 13.2 Å². The molecule has 3 rings (SSSR count). The number of benzene rings is 1. The van der Waals surface area contributed by atoms with Crippen molar-refractivity contribution in [3.05, 3.63) is 29.8 Å². The van der Waals surface area contributed by atoms with Crippen LogP contribution < -0.4 is 4.72 Å². The van der Waals surface area contributed by atoms with E-state index in [-0.39, 0.29) is 23.5 Å². The van der Waals surface area contributed by atoms with Crippen molar-refractivity contribution in [3.63, 3.8) is 0 Å². The zero-order valence-corrected chi connectivity index (χ0v) is 14.6. The Morgan fingerprint density at radius 1 is 1.33 bits per heavy atom. The second kappa shape index (κ2) is 6.82. The predicted octanol–water partition coefficient (Wildman–Crippen LogP) is 1.60. The molecule has 132 valence electrons. The summed E-state index contributed by atoms with van der Waals surface area (Å²) >= 11 is 0. The van der Waals surface area contributed by atoms with Crippen molar-refractivity contribution in [1.29, 1.82) is 0 Å². The van der Waals surface area contributed by atoms with E-state index in [0.29, 0.717) is 18.8 Å². The molecule has 7 heteroatoms. The molecular formula is C17H24N2O4S. The summed E-state index contributed by atoms with van der Waals surface area (Å²) in [7, 11) is -3.51. The molecular weight excluding hydrogens is 328 g/mol. The fourth-order valence-corrected chi connectivity index (χ4v) is 4.57.